The number of carbonyl (C=O) groups excluding carboxylic acids is 2. The van der Waals surface area contributed by atoms with Crippen LogP contribution < -0.4 is 0 Å². The molecule has 41 heavy (non-hydrogen) atoms. The number of rotatable bonds is 10. The minimum absolute atomic E-state index is 0.119. The van der Waals surface area contributed by atoms with Gasteiger partial charge in [-0.05, 0) is 26.8 Å². The molecule has 0 atom stereocenters. The molecule has 0 aliphatic heterocycles. The largest absolute Gasteiger partial charge is 0.461 e. The van der Waals surface area contributed by atoms with Gasteiger partial charge in [-0.3, -0.25) is 4.79 Å². The second-order valence-electron chi connectivity index (χ2n) is 11.8. The van der Waals surface area contributed by atoms with Crippen LogP contribution in [0.5, 0.6) is 0 Å². The molecular weight excluding hydrogens is 532 g/mol. The molecule has 7 nitrogen and oxygen atoms in total. The van der Waals surface area contributed by atoms with E-state index >= 15 is 0 Å². The van der Waals surface area contributed by atoms with Crippen molar-refractivity contribution in [1.82, 2.24) is 0 Å². The summed E-state index contributed by atoms with van der Waals surface area (Å²) in [6.45, 7) is 14.2. The van der Waals surface area contributed by atoms with Crippen molar-refractivity contribution in [2.75, 3.05) is 0 Å². The summed E-state index contributed by atoms with van der Waals surface area (Å²) in [6, 6.07) is 29.6. The van der Waals surface area contributed by atoms with Gasteiger partial charge >= 0.3 is 18.2 Å². The zero-order valence-electron chi connectivity index (χ0n) is 25.0. The molecule has 0 saturated heterocycles. The van der Waals surface area contributed by atoms with Crippen LogP contribution in [0.25, 0.3) is 5.53 Å². The minimum atomic E-state index is -2.56. The van der Waals surface area contributed by atoms with E-state index in [1.807, 2.05) is 78.9 Å². The van der Waals surface area contributed by atoms with Crippen LogP contribution in [0.3, 0.4) is 0 Å². The summed E-state index contributed by atoms with van der Waals surface area (Å²) in [4.78, 5) is 26.1. The first-order valence-electron chi connectivity index (χ1n) is 13.6. The third-order valence-electron chi connectivity index (χ3n) is 6.77. The van der Waals surface area contributed by atoms with Gasteiger partial charge in [-0.15, -0.1) is 0 Å². The monoisotopic (exact) mass is 574 g/mol. The second-order valence-corrected chi connectivity index (χ2v) is 17.1. The lowest BCUT2D eigenvalue weighted by atomic mass is 10.2. The number of nitrogens with zero attached hydrogens (tertiary/aromatic N) is 2. The molecule has 0 bridgehead atoms. The fraction of sp³-hybridized carbons (Fsp3) is 0.364. The average molecular weight is 575 g/mol. The molecule has 0 heterocycles. The van der Waals surface area contributed by atoms with Crippen LogP contribution in [0.1, 0.15) is 58.2 Å². The highest BCUT2D eigenvalue weighted by molar-refractivity contribution is 6.81. The first kappa shape index (κ1) is 33.4. The van der Waals surface area contributed by atoms with Crippen molar-refractivity contribution in [1.29, 1.82) is 0 Å². The summed E-state index contributed by atoms with van der Waals surface area (Å²) in [5.74, 6) is -0.834. The molecule has 0 aliphatic rings. The van der Waals surface area contributed by atoms with Crippen LogP contribution in [-0.4, -0.2) is 31.3 Å². The maximum absolute atomic E-state index is 12.9. The highest BCUT2D eigenvalue weighted by Gasteiger charge is 2.56. The van der Waals surface area contributed by atoms with Gasteiger partial charge in [0.15, 0.2) is 0 Å². The van der Waals surface area contributed by atoms with Crippen LogP contribution in [0.4, 0.5) is 0 Å². The first-order valence-corrected chi connectivity index (χ1v) is 15.7. The molecule has 218 valence electrons. The summed E-state index contributed by atoms with van der Waals surface area (Å²) in [7, 11) is -2.56. The van der Waals surface area contributed by atoms with Crippen LogP contribution in [0.2, 0.25) is 16.1 Å². The van der Waals surface area contributed by atoms with Crippen molar-refractivity contribution in [3.8, 4) is 0 Å². The van der Waals surface area contributed by atoms with E-state index in [2.05, 4.69) is 58.5 Å². The van der Waals surface area contributed by atoms with Gasteiger partial charge in [-0.25, -0.2) is 4.79 Å². The molecule has 0 N–H and O–H groups in total. The second kappa shape index (κ2) is 15.8. The summed E-state index contributed by atoms with van der Waals surface area (Å²) in [6.07, 6.45) is 0.711. The summed E-state index contributed by atoms with van der Waals surface area (Å²) < 4.78 is 17.1. The van der Waals surface area contributed by atoms with Crippen molar-refractivity contribution in [3.63, 3.8) is 0 Å². The lowest BCUT2D eigenvalue weighted by Crippen LogP contribution is -2.55. The lowest BCUT2D eigenvalue weighted by molar-refractivity contribution is -0.142. The molecule has 0 aliphatic carbocycles. The molecule has 3 rings (SSSR count). The Hall–Kier alpha value is -3.84. The van der Waals surface area contributed by atoms with Gasteiger partial charge in [-0.2, -0.15) is 4.79 Å². The fourth-order valence-electron chi connectivity index (χ4n) is 4.73. The van der Waals surface area contributed by atoms with Crippen molar-refractivity contribution in [2.24, 2.45) is 0 Å². The number of carbonyl (C=O) groups is 2. The normalized spacial score (nSPS) is 11.4. The van der Waals surface area contributed by atoms with Gasteiger partial charge in [0, 0.05) is 0 Å². The van der Waals surface area contributed by atoms with E-state index in [0.717, 1.165) is 16.7 Å². The molecular formula is C33H42N2O5Si. The Labute approximate surface area is 245 Å². The molecule has 0 amide bonds. The quantitative estimate of drug-likeness (QED) is 0.0820. The predicted molar refractivity (Wildman–Crippen MR) is 163 cm³/mol. The summed E-state index contributed by atoms with van der Waals surface area (Å²) in [5.41, 5.74) is 11.0. The molecule has 8 heteroatoms. The van der Waals surface area contributed by atoms with E-state index in [4.69, 9.17) is 19.4 Å². The van der Waals surface area contributed by atoms with Gasteiger partial charge in [-0.1, -0.05) is 133 Å². The molecule has 0 aromatic heterocycles. The van der Waals surface area contributed by atoms with Gasteiger partial charge in [0.05, 0.1) is 12.7 Å². The van der Waals surface area contributed by atoms with E-state index in [9.17, 15) is 9.59 Å². The smallest absolute Gasteiger partial charge is 0.413 e. The Morgan fingerprint density at radius 2 is 1.07 bits per heavy atom. The predicted octanol–water partition coefficient (Wildman–Crippen LogP) is 7.52. The average Bonchev–Trinajstić information content (AvgIpc) is 2.94. The van der Waals surface area contributed by atoms with Crippen LogP contribution in [0.15, 0.2) is 91.0 Å². The Bertz CT molecular complexity index is 1250. The maximum atomic E-state index is 12.9. The van der Waals surface area contributed by atoms with Crippen LogP contribution in [0, 0.1) is 0 Å². The highest BCUT2D eigenvalue weighted by Crippen LogP contribution is 2.54. The zero-order valence-corrected chi connectivity index (χ0v) is 26.0. The van der Waals surface area contributed by atoms with Gasteiger partial charge in [0.25, 0.3) is 0 Å². The molecule has 0 fully saturated rings. The number of hydrogen-bond acceptors (Lipinski definition) is 5. The van der Waals surface area contributed by atoms with E-state index in [-0.39, 0.29) is 22.7 Å². The molecule has 3 aromatic carbocycles. The Morgan fingerprint density at radius 3 is 1.46 bits per heavy atom. The molecule has 0 unspecified atom stereocenters. The summed E-state index contributed by atoms with van der Waals surface area (Å²) in [5, 5.41) is -0.238. The van der Waals surface area contributed by atoms with Crippen molar-refractivity contribution in [2.45, 2.75) is 77.5 Å². The molecule has 0 radical (unpaired) electrons. The van der Waals surface area contributed by atoms with Gasteiger partial charge in [0.1, 0.15) is 13.2 Å². The SMILES string of the molecule is CC(C)(C)[Si](CC(=O)OCc1ccccc1)(OCc1ccccc1)C(C)(C)C.[N-]=[N+]=CC(=O)OCc1ccccc1. The van der Waals surface area contributed by atoms with Gasteiger partial charge < -0.3 is 19.4 Å². The van der Waals surface area contributed by atoms with E-state index in [1.165, 1.54) is 0 Å². The first-order chi connectivity index (χ1) is 19.4. The number of esters is 2. The third kappa shape index (κ3) is 10.9. The topological polar surface area (TPSA) is 98.2 Å². The highest BCUT2D eigenvalue weighted by atomic mass is 28.4. The minimum Gasteiger partial charge on any atom is -0.461 e. The molecule has 0 spiro atoms. The van der Waals surface area contributed by atoms with Crippen molar-refractivity contribution in [3.05, 3.63) is 113 Å². The van der Waals surface area contributed by atoms with E-state index < -0.39 is 14.3 Å². The van der Waals surface area contributed by atoms with Crippen LogP contribution in [-0.2, 0) is 43.3 Å². The Balaban J connectivity index is 0.000000377. The van der Waals surface area contributed by atoms with E-state index in [1.54, 1.807) is 0 Å². The van der Waals surface area contributed by atoms with Gasteiger partial charge in [0.2, 0.25) is 8.32 Å². The van der Waals surface area contributed by atoms with Crippen molar-refractivity contribution < 1.29 is 28.3 Å². The van der Waals surface area contributed by atoms with E-state index in [0.29, 0.717) is 25.5 Å². The third-order valence-corrected chi connectivity index (χ3v) is 13.0. The fourth-order valence-corrected chi connectivity index (χ4v) is 9.93. The molecule has 0 saturated carbocycles. The summed E-state index contributed by atoms with van der Waals surface area (Å²) >= 11 is 0. The Kier molecular flexibility index (Phi) is 12.9. The zero-order chi connectivity index (χ0) is 30.4. The number of hydrogen-bond donors (Lipinski definition) is 0. The Morgan fingerprint density at radius 1 is 0.683 bits per heavy atom. The molecule has 3 aromatic rings. The standard InChI is InChI=1S/C24H34O3Si.C9H8N2O2/c1-23(2,3)28(24(4,5)6,27-18-21-15-11-8-12-16-21)19-22(25)26-17-20-13-9-7-10-14-20;10-11-6-9(12)13-7-8-4-2-1-3-5-8/h7-16H,17-19H2,1-6H3;1-6H,7H2. The van der Waals surface area contributed by atoms with Crippen LogP contribution >= 0.6 is 0 Å². The number of ether oxygens (including phenoxy) is 2. The van der Waals surface area contributed by atoms with Crippen molar-refractivity contribution >= 4 is 26.5 Å². The number of benzene rings is 3. The maximum Gasteiger partial charge on any atom is 0.413 e. The lowest BCUT2D eigenvalue weighted by Gasteiger charge is -2.50.